The summed E-state index contributed by atoms with van der Waals surface area (Å²) in [6.45, 7) is 9.84. The number of anilines is 1. The van der Waals surface area contributed by atoms with Crippen molar-refractivity contribution in [2.45, 2.75) is 57.5 Å². The summed E-state index contributed by atoms with van der Waals surface area (Å²) in [5.74, 6) is 1.32. The molecule has 1 aromatic heterocycles. The van der Waals surface area contributed by atoms with Gasteiger partial charge in [0.2, 0.25) is 11.8 Å². The Hall–Kier alpha value is -6.76. The second kappa shape index (κ2) is 18.8. The molecule has 0 bridgehead atoms. The third-order valence-electron chi connectivity index (χ3n) is 13.3. The number of aromatic nitrogens is 2. The number of likely N-dealkylation sites (tertiary alicyclic amines) is 1. The Morgan fingerprint density at radius 1 is 0.815 bits per heavy atom. The van der Waals surface area contributed by atoms with Crippen LogP contribution in [-0.2, 0) is 23.2 Å². The lowest BCUT2D eigenvalue weighted by molar-refractivity contribution is -0.134. The molecule has 1 unspecified atom stereocenters. The van der Waals surface area contributed by atoms with Crippen LogP contribution in [0.3, 0.4) is 0 Å². The predicted octanol–water partition coefficient (Wildman–Crippen LogP) is 6.58. The maximum Gasteiger partial charge on any atom is 0.262 e. The van der Waals surface area contributed by atoms with Gasteiger partial charge in [0.1, 0.15) is 11.5 Å². The van der Waals surface area contributed by atoms with Gasteiger partial charge in [-0.3, -0.25) is 43.9 Å². The predicted molar refractivity (Wildman–Crippen MR) is 243 cm³/mol. The highest BCUT2D eigenvalue weighted by molar-refractivity contribution is 6.22. The average Bonchev–Trinajstić information content (AvgIpc) is 3.77. The van der Waals surface area contributed by atoms with Crippen LogP contribution in [0.15, 0.2) is 78.9 Å². The smallest absolute Gasteiger partial charge is 0.262 e. The van der Waals surface area contributed by atoms with E-state index >= 15 is 0 Å². The zero-order valence-corrected chi connectivity index (χ0v) is 37.1. The van der Waals surface area contributed by atoms with Gasteiger partial charge in [-0.2, -0.15) is 10.4 Å². The summed E-state index contributed by atoms with van der Waals surface area (Å²) in [5.41, 5.74) is 5.07. The average molecular weight is 879 g/mol. The van der Waals surface area contributed by atoms with Gasteiger partial charge in [-0.1, -0.05) is 18.2 Å². The number of piperazine rings is 1. The molecule has 0 aliphatic carbocycles. The summed E-state index contributed by atoms with van der Waals surface area (Å²) in [6.07, 6.45) is 3.01. The van der Waals surface area contributed by atoms with Gasteiger partial charge in [-0.15, -0.1) is 0 Å². The molecule has 4 aromatic carbocycles. The van der Waals surface area contributed by atoms with E-state index in [1.807, 2.05) is 56.4 Å². The minimum Gasteiger partial charge on any atom is -0.493 e. The van der Waals surface area contributed by atoms with E-state index in [-0.39, 0.29) is 18.2 Å². The lowest BCUT2D eigenvalue weighted by atomic mass is 9.93. The maximum absolute atomic E-state index is 13.9. The molecule has 4 aliphatic heterocycles. The van der Waals surface area contributed by atoms with Gasteiger partial charge < -0.3 is 19.1 Å². The number of imide groups is 2. The molecule has 3 fully saturated rings. The number of nitrogens with zero attached hydrogens (tertiary/aromatic N) is 7. The Labute approximate surface area is 378 Å². The van der Waals surface area contributed by atoms with E-state index in [2.05, 4.69) is 43.3 Å². The summed E-state index contributed by atoms with van der Waals surface area (Å²) in [6, 6.07) is 26.2. The molecule has 2 atom stereocenters. The van der Waals surface area contributed by atoms with Crippen molar-refractivity contribution in [3.05, 3.63) is 107 Å². The van der Waals surface area contributed by atoms with E-state index in [1.54, 1.807) is 36.1 Å². The first kappa shape index (κ1) is 43.5. The van der Waals surface area contributed by atoms with Gasteiger partial charge >= 0.3 is 0 Å². The first-order valence-corrected chi connectivity index (χ1v) is 22.6. The number of nitrogens with one attached hydrogen (secondary N) is 1. The van der Waals surface area contributed by atoms with Crippen LogP contribution in [0.1, 0.15) is 88.5 Å². The normalized spacial score (nSPS) is 19.0. The van der Waals surface area contributed by atoms with Gasteiger partial charge in [-0.25, -0.2) is 0 Å². The Morgan fingerprint density at radius 3 is 2.29 bits per heavy atom. The molecule has 0 spiro atoms. The number of methoxy groups -OCH3 is 1. The fourth-order valence-electron chi connectivity index (χ4n) is 9.82. The van der Waals surface area contributed by atoms with E-state index in [0.717, 1.165) is 87.5 Å². The second-order valence-corrected chi connectivity index (χ2v) is 17.4. The van der Waals surface area contributed by atoms with Crippen molar-refractivity contribution in [1.29, 1.82) is 5.26 Å². The minimum absolute atomic E-state index is 0.0468. The molecule has 336 valence electrons. The third-order valence-corrected chi connectivity index (χ3v) is 13.3. The van der Waals surface area contributed by atoms with Crippen molar-refractivity contribution in [3.8, 4) is 29.1 Å². The zero-order valence-electron chi connectivity index (χ0n) is 37.1. The molecular weight excluding hydrogens is 825 g/mol. The largest absolute Gasteiger partial charge is 0.493 e. The molecule has 5 heterocycles. The SMILES string of the molecule is CCOc1cc([C@@H](CC#N)N2C(=O)c3ccc(N4CCN(CC5CCN(Cc6ccc(Oc7ccc8c(C9CCC(=O)NC9=O)nn(C)c8c7)cc6)CC5)CC4)cc3C2=O)ccc1OC. The zero-order chi connectivity index (χ0) is 45.2. The van der Waals surface area contributed by atoms with E-state index in [4.69, 9.17) is 14.2 Å². The number of rotatable bonds is 14. The van der Waals surface area contributed by atoms with Crippen LogP contribution in [0.2, 0.25) is 0 Å². The van der Waals surface area contributed by atoms with Gasteiger partial charge in [0.25, 0.3) is 11.8 Å². The molecular formula is C50H54N8O7. The van der Waals surface area contributed by atoms with Crippen molar-refractivity contribution in [2.24, 2.45) is 13.0 Å². The highest BCUT2D eigenvalue weighted by Crippen LogP contribution is 2.39. The fourth-order valence-corrected chi connectivity index (χ4v) is 9.82. The van der Waals surface area contributed by atoms with Crippen LogP contribution in [0.5, 0.6) is 23.0 Å². The molecule has 5 aromatic rings. The monoisotopic (exact) mass is 878 g/mol. The van der Waals surface area contributed by atoms with Gasteiger partial charge in [-0.05, 0) is 111 Å². The molecule has 0 saturated carbocycles. The number of benzene rings is 4. The number of fused-ring (bicyclic) bond motifs is 2. The number of piperidine rings is 2. The molecule has 4 aliphatic rings. The highest BCUT2D eigenvalue weighted by Gasteiger charge is 2.41. The first-order valence-electron chi connectivity index (χ1n) is 22.6. The van der Waals surface area contributed by atoms with Crippen LogP contribution in [0.4, 0.5) is 5.69 Å². The van der Waals surface area contributed by atoms with Crippen LogP contribution in [0.25, 0.3) is 10.9 Å². The van der Waals surface area contributed by atoms with Crippen molar-refractivity contribution in [2.75, 3.05) is 64.4 Å². The van der Waals surface area contributed by atoms with E-state index in [0.29, 0.717) is 65.0 Å². The van der Waals surface area contributed by atoms with Crippen molar-refractivity contribution in [1.82, 2.24) is 29.8 Å². The van der Waals surface area contributed by atoms with Gasteiger partial charge in [0.05, 0.1) is 60.5 Å². The topological polar surface area (TPSA) is 163 Å². The van der Waals surface area contributed by atoms with Crippen LogP contribution >= 0.6 is 0 Å². The second-order valence-electron chi connectivity index (χ2n) is 17.4. The number of carbonyl (C=O) groups excluding carboxylic acids is 4. The number of carbonyl (C=O) groups is 4. The lowest BCUT2D eigenvalue weighted by Crippen LogP contribution is -2.48. The van der Waals surface area contributed by atoms with Gasteiger partial charge in [0, 0.05) is 69.9 Å². The molecule has 65 heavy (non-hydrogen) atoms. The third kappa shape index (κ3) is 9.01. The summed E-state index contributed by atoms with van der Waals surface area (Å²) in [5, 5.41) is 17.7. The molecule has 0 radical (unpaired) electrons. The summed E-state index contributed by atoms with van der Waals surface area (Å²) >= 11 is 0. The number of hydrogen-bond acceptors (Lipinski definition) is 12. The standard InChI is InChI=1S/C50H54N8O7/c1-4-64-45-27-34(7-15-44(45)63-3)42(17-20-51)58-49(61)38-12-8-35(28-41(38)50(58)62)57-25-23-56(24-26-57)31-33-18-21-55(22-19-33)30-32-5-9-36(10-6-32)65-37-11-13-39-43(29-37)54(2)53-47(39)40-14-16-46(59)52-48(40)60/h5-13,15,27-29,33,40,42H,4,14,16-19,21-26,30-31H2,1-3H3,(H,52,59,60)/t40?,42-/m1/s1. The molecule has 4 amide bonds. The van der Waals surface area contributed by atoms with E-state index in [1.165, 1.54) is 10.5 Å². The molecule has 15 nitrogen and oxygen atoms in total. The lowest BCUT2D eigenvalue weighted by Gasteiger charge is -2.39. The maximum atomic E-state index is 13.9. The van der Waals surface area contributed by atoms with Crippen molar-refractivity contribution >= 4 is 40.2 Å². The van der Waals surface area contributed by atoms with Crippen LogP contribution in [-0.4, -0.2) is 108 Å². The number of nitriles is 1. The Bertz CT molecular complexity index is 2660. The number of ether oxygens (including phenoxy) is 3. The molecule has 1 N–H and O–H groups in total. The highest BCUT2D eigenvalue weighted by atomic mass is 16.5. The quantitative estimate of drug-likeness (QED) is 0.120. The Kier molecular flexibility index (Phi) is 12.6. The fraction of sp³-hybridized carbons (Fsp3) is 0.400. The Morgan fingerprint density at radius 2 is 1.57 bits per heavy atom. The summed E-state index contributed by atoms with van der Waals surface area (Å²) < 4.78 is 19.2. The summed E-state index contributed by atoms with van der Waals surface area (Å²) in [4.78, 5) is 60.4. The summed E-state index contributed by atoms with van der Waals surface area (Å²) in [7, 11) is 3.40. The molecule has 9 rings (SSSR count). The van der Waals surface area contributed by atoms with Crippen LogP contribution < -0.4 is 24.4 Å². The first-order chi connectivity index (χ1) is 31.6. The van der Waals surface area contributed by atoms with Crippen molar-refractivity contribution in [3.63, 3.8) is 0 Å². The molecule has 15 heteroatoms. The molecule has 3 saturated heterocycles. The van der Waals surface area contributed by atoms with E-state index < -0.39 is 23.8 Å². The number of hydrogen-bond donors (Lipinski definition) is 1. The minimum atomic E-state index is -0.766. The van der Waals surface area contributed by atoms with Crippen molar-refractivity contribution < 1.29 is 33.4 Å². The van der Waals surface area contributed by atoms with E-state index in [9.17, 15) is 24.4 Å². The number of aryl methyl sites for hydroxylation is 1. The Balaban J connectivity index is 0.739. The van der Waals surface area contributed by atoms with Crippen LogP contribution in [0, 0.1) is 17.2 Å². The van der Waals surface area contributed by atoms with Gasteiger partial charge in [0.15, 0.2) is 11.5 Å². The number of amides is 4.